The Morgan fingerprint density at radius 1 is 1.47 bits per heavy atom. The van der Waals surface area contributed by atoms with Crippen molar-refractivity contribution >= 4 is 5.97 Å². The van der Waals surface area contributed by atoms with E-state index in [2.05, 4.69) is 20.4 Å². The first-order valence-corrected chi connectivity index (χ1v) is 5.01. The van der Waals surface area contributed by atoms with Crippen molar-refractivity contribution in [3.63, 3.8) is 0 Å². The van der Waals surface area contributed by atoms with Gasteiger partial charge in [0.1, 0.15) is 5.69 Å². The van der Waals surface area contributed by atoms with E-state index in [1.165, 1.54) is 18.3 Å². The summed E-state index contributed by atoms with van der Waals surface area (Å²) < 4.78 is 4.94. The summed E-state index contributed by atoms with van der Waals surface area (Å²) in [5.41, 5.74) is 0.270. The molecule has 17 heavy (non-hydrogen) atoms. The van der Waals surface area contributed by atoms with Gasteiger partial charge >= 0.3 is 11.5 Å². The molecule has 0 amide bonds. The molecule has 2 aromatic heterocycles. The number of esters is 1. The van der Waals surface area contributed by atoms with Crippen LogP contribution in [0.1, 0.15) is 23.1 Å². The van der Waals surface area contributed by atoms with Crippen molar-refractivity contribution < 1.29 is 9.53 Å². The zero-order valence-electron chi connectivity index (χ0n) is 9.06. The van der Waals surface area contributed by atoms with Gasteiger partial charge in [-0.05, 0) is 12.5 Å². The summed E-state index contributed by atoms with van der Waals surface area (Å²) in [6.45, 7) is 1.88. The Bertz CT molecular complexity index is 573. The Balaban J connectivity index is 2.24. The number of aromatic nitrogens is 4. The van der Waals surface area contributed by atoms with Crippen LogP contribution >= 0.6 is 0 Å². The molecular weight excluding hydrogens is 224 g/mol. The lowest BCUT2D eigenvalue weighted by atomic mass is 10.3. The van der Waals surface area contributed by atoms with Crippen LogP contribution in [0.25, 0.3) is 0 Å². The maximum Gasteiger partial charge on any atom is 0.361 e. The van der Waals surface area contributed by atoms with Gasteiger partial charge in [-0.2, -0.15) is 10.2 Å². The highest BCUT2D eigenvalue weighted by molar-refractivity contribution is 5.88. The van der Waals surface area contributed by atoms with E-state index in [1.807, 2.05) is 6.92 Å². The largest absolute Gasteiger partial charge is 0.416 e. The summed E-state index contributed by atoms with van der Waals surface area (Å²) in [6, 6.07) is 2.89. The zero-order chi connectivity index (χ0) is 12.3. The zero-order valence-corrected chi connectivity index (χ0v) is 9.06. The molecular formula is C10H10N4O3. The van der Waals surface area contributed by atoms with Crippen molar-refractivity contribution in [2.24, 2.45) is 0 Å². The Morgan fingerprint density at radius 2 is 2.29 bits per heavy atom. The first-order chi connectivity index (χ1) is 8.20. The molecule has 2 heterocycles. The molecule has 0 unspecified atom stereocenters. The van der Waals surface area contributed by atoms with Crippen LogP contribution in [0.2, 0.25) is 0 Å². The molecule has 0 fully saturated rings. The van der Waals surface area contributed by atoms with Crippen LogP contribution in [-0.4, -0.2) is 26.4 Å². The average molecular weight is 234 g/mol. The summed E-state index contributed by atoms with van der Waals surface area (Å²) in [5, 5.41) is 12.1. The molecule has 0 aliphatic carbocycles. The molecule has 2 aromatic rings. The molecule has 0 saturated carbocycles. The average Bonchev–Trinajstić information content (AvgIpc) is 2.85. The third-order valence-corrected chi connectivity index (χ3v) is 2.11. The number of ether oxygens (including phenoxy) is 1. The van der Waals surface area contributed by atoms with Crippen LogP contribution in [0.3, 0.4) is 0 Å². The smallest absolute Gasteiger partial charge is 0.361 e. The number of hydrogen-bond donors (Lipinski definition) is 2. The van der Waals surface area contributed by atoms with Gasteiger partial charge < -0.3 is 4.74 Å². The lowest BCUT2D eigenvalue weighted by Crippen LogP contribution is -2.18. The van der Waals surface area contributed by atoms with E-state index in [-0.39, 0.29) is 11.4 Å². The lowest BCUT2D eigenvalue weighted by Gasteiger charge is -2.02. The molecule has 7 heteroatoms. The second kappa shape index (κ2) is 4.60. The minimum atomic E-state index is -0.666. The van der Waals surface area contributed by atoms with E-state index < -0.39 is 11.5 Å². The predicted molar refractivity (Wildman–Crippen MR) is 57.8 cm³/mol. The van der Waals surface area contributed by atoms with E-state index in [4.69, 9.17) is 4.74 Å². The number of nitrogens with one attached hydrogen (secondary N) is 2. The highest BCUT2D eigenvalue weighted by atomic mass is 16.5. The maximum absolute atomic E-state index is 11.6. The summed E-state index contributed by atoms with van der Waals surface area (Å²) in [6.07, 6.45) is 2.05. The first-order valence-electron chi connectivity index (χ1n) is 5.01. The predicted octanol–water partition coefficient (Wildman–Crippen LogP) is 0.275. The number of rotatable bonds is 3. The monoisotopic (exact) mass is 234 g/mol. The standard InChI is InChI=1S/C10H10N4O3/c1-2-6-5-8(9(15)14-12-6)17-10(16)7-3-4-11-13-7/h3-5H,2H2,1H3,(H,11,13)(H,14,15). The van der Waals surface area contributed by atoms with Crippen LogP contribution in [-0.2, 0) is 6.42 Å². The van der Waals surface area contributed by atoms with Crippen molar-refractivity contribution in [2.45, 2.75) is 13.3 Å². The number of aryl methyl sites for hydroxylation is 1. The molecule has 7 nitrogen and oxygen atoms in total. The third kappa shape index (κ3) is 2.39. The quantitative estimate of drug-likeness (QED) is 0.742. The molecule has 0 aliphatic heterocycles. The van der Waals surface area contributed by atoms with E-state index in [0.29, 0.717) is 12.1 Å². The molecule has 0 spiro atoms. The van der Waals surface area contributed by atoms with Crippen molar-refractivity contribution in [1.29, 1.82) is 0 Å². The van der Waals surface area contributed by atoms with Gasteiger partial charge in [-0.1, -0.05) is 6.92 Å². The van der Waals surface area contributed by atoms with Crippen molar-refractivity contribution in [1.82, 2.24) is 20.4 Å². The van der Waals surface area contributed by atoms with Crippen molar-refractivity contribution in [3.8, 4) is 5.75 Å². The molecule has 88 valence electrons. The SMILES string of the molecule is CCc1cc(OC(=O)c2ccn[nH]2)c(=O)[nH]n1. The Morgan fingerprint density at radius 3 is 2.94 bits per heavy atom. The van der Waals surface area contributed by atoms with Gasteiger partial charge in [0.05, 0.1) is 5.69 Å². The first kappa shape index (κ1) is 11.1. The highest BCUT2D eigenvalue weighted by Gasteiger charge is 2.12. The second-order valence-electron chi connectivity index (χ2n) is 3.27. The van der Waals surface area contributed by atoms with E-state index in [0.717, 1.165) is 0 Å². The number of carbonyl (C=O) groups excluding carboxylic acids is 1. The Kier molecular flexibility index (Phi) is 2.99. The number of H-pyrrole nitrogens is 2. The van der Waals surface area contributed by atoms with Gasteiger partial charge in [0, 0.05) is 12.3 Å². The normalized spacial score (nSPS) is 10.2. The molecule has 0 aromatic carbocycles. The van der Waals surface area contributed by atoms with Crippen LogP contribution < -0.4 is 10.3 Å². The number of aromatic amines is 2. The molecule has 0 bridgehead atoms. The topological polar surface area (TPSA) is 101 Å². The summed E-state index contributed by atoms with van der Waals surface area (Å²) in [4.78, 5) is 22.9. The maximum atomic E-state index is 11.6. The molecule has 2 N–H and O–H groups in total. The number of nitrogens with zero attached hydrogens (tertiary/aromatic N) is 2. The molecule has 0 atom stereocenters. The van der Waals surface area contributed by atoms with Crippen LogP contribution in [0.15, 0.2) is 23.1 Å². The van der Waals surface area contributed by atoms with Gasteiger partial charge in [0.15, 0.2) is 5.75 Å². The van der Waals surface area contributed by atoms with E-state index in [1.54, 1.807) is 0 Å². The van der Waals surface area contributed by atoms with E-state index in [9.17, 15) is 9.59 Å². The lowest BCUT2D eigenvalue weighted by molar-refractivity contribution is 0.0725. The fraction of sp³-hybridized carbons (Fsp3) is 0.200. The van der Waals surface area contributed by atoms with Gasteiger partial charge in [0.25, 0.3) is 0 Å². The fourth-order valence-corrected chi connectivity index (χ4v) is 1.21. The van der Waals surface area contributed by atoms with Crippen LogP contribution in [0.5, 0.6) is 5.75 Å². The minimum absolute atomic E-state index is 0.0727. The van der Waals surface area contributed by atoms with Gasteiger partial charge in [-0.3, -0.25) is 9.89 Å². The summed E-state index contributed by atoms with van der Waals surface area (Å²) in [7, 11) is 0. The highest BCUT2D eigenvalue weighted by Crippen LogP contribution is 2.07. The third-order valence-electron chi connectivity index (χ3n) is 2.11. The summed E-state index contributed by atoms with van der Waals surface area (Å²) >= 11 is 0. The minimum Gasteiger partial charge on any atom is -0.416 e. The molecule has 0 aliphatic rings. The Labute approximate surface area is 95.8 Å². The number of hydrogen-bond acceptors (Lipinski definition) is 5. The molecule has 0 radical (unpaired) electrons. The summed E-state index contributed by atoms with van der Waals surface area (Å²) in [5.74, 6) is -0.738. The van der Waals surface area contributed by atoms with Crippen LogP contribution in [0.4, 0.5) is 0 Å². The van der Waals surface area contributed by atoms with Gasteiger partial charge in [0.2, 0.25) is 0 Å². The van der Waals surface area contributed by atoms with Gasteiger partial charge in [-0.15, -0.1) is 0 Å². The van der Waals surface area contributed by atoms with Gasteiger partial charge in [-0.25, -0.2) is 9.89 Å². The Hall–Kier alpha value is -2.44. The van der Waals surface area contributed by atoms with Crippen LogP contribution in [0, 0.1) is 0 Å². The van der Waals surface area contributed by atoms with E-state index >= 15 is 0 Å². The van der Waals surface area contributed by atoms with Crippen molar-refractivity contribution in [3.05, 3.63) is 40.1 Å². The molecule has 0 saturated heterocycles. The fourth-order valence-electron chi connectivity index (χ4n) is 1.21. The number of carbonyl (C=O) groups is 1. The van der Waals surface area contributed by atoms with Crippen molar-refractivity contribution in [2.75, 3.05) is 0 Å². The second-order valence-corrected chi connectivity index (χ2v) is 3.27. The molecule has 2 rings (SSSR count).